The van der Waals surface area contributed by atoms with E-state index in [9.17, 15) is 9.59 Å². The van der Waals surface area contributed by atoms with E-state index in [4.69, 9.17) is 9.47 Å². The third-order valence-corrected chi connectivity index (χ3v) is 8.05. The lowest BCUT2D eigenvalue weighted by Gasteiger charge is -2.13. The Morgan fingerprint density at radius 2 is 1.16 bits per heavy atom. The third kappa shape index (κ3) is 17.5. The maximum atomic E-state index is 12.6. The molecule has 7 nitrogen and oxygen atoms in total. The molecule has 244 valence electrons. The van der Waals surface area contributed by atoms with Crippen LogP contribution in [0.1, 0.15) is 127 Å². The van der Waals surface area contributed by atoms with Crippen LogP contribution in [0.15, 0.2) is 58.8 Å². The van der Waals surface area contributed by atoms with Crippen molar-refractivity contribution in [3.63, 3.8) is 0 Å². The Balaban J connectivity index is 1.62. The zero-order chi connectivity index (χ0) is 31.7. The molecule has 0 radical (unpaired) electrons. The fourth-order valence-corrected chi connectivity index (χ4v) is 5.12. The van der Waals surface area contributed by atoms with Crippen LogP contribution in [0.3, 0.4) is 0 Å². The summed E-state index contributed by atoms with van der Waals surface area (Å²) in [7, 11) is 0. The van der Waals surface area contributed by atoms with Crippen LogP contribution in [0.2, 0.25) is 0 Å². The number of benzene rings is 2. The van der Waals surface area contributed by atoms with Gasteiger partial charge in [0.25, 0.3) is 5.91 Å². The maximum absolute atomic E-state index is 12.6. The Hall–Kier alpha value is -2.74. The van der Waals surface area contributed by atoms with Gasteiger partial charge in [-0.3, -0.25) is 4.79 Å². The van der Waals surface area contributed by atoms with Crippen molar-refractivity contribution in [3.8, 4) is 5.75 Å². The van der Waals surface area contributed by atoms with E-state index >= 15 is 0 Å². The van der Waals surface area contributed by atoms with Gasteiger partial charge in [0.05, 0.1) is 24.6 Å². The molecule has 1 atom stereocenters. The molecule has 0 heterocycles. The predicted molar refractivity (Wildman–Crippen MR) is 184 cm³/mol. The van der Waals surface area contributed by atoms with Gasteiger partial charge in [-0.25, -0.2) is 4.79 Å². The molecular weight excluding hydrogens is 618 g/mol. The molecular formula is C36H54BrN3O4. The van der Waals surface area contributed by atoms with Crippen molar-refractivity contribution < 1.29 is 19.1 Å². The first-order valence-electron chi connectivity index (χ1n) is 16.8. The van der Waals surface area contributed by atoms with Crippen molar-refractivity contribution >= 4 is 39.2 Å². The lowest BCUT2D eigenvalue weighted by molar-refractivity contribution is -0.145. The normalized spacial score (nSPS) is 11.9. The quantitative estimate of drug-likeness (QED) is 0.0492. The van der Waals surface area contributed by atoms with Gasteiger partial charge in [-0.2, -0.15) is 10.2 Å². The van der Waals surface area contributed by atoms with Crippen LogP contribution >= 0.6 is 15.9 Å². The Bertz CT molecular complexity index is 1060. The smallest absolute Gasteiger partial charge is 0.328 e. The number of alkyl halides is 1. The second-order valence-electron chi connectivity index (χ2n) is 11.4. The molecule has 0 saturated heterocycles. The van der Waals surface area contributed by atoms with Gasteiger partial charge in [-0.05, 0) is 74.7 Å². The first kappa shape index (κ1) is 37.4. The number of amides is 1. The lowest BCUT2D eigenvalue weighted by Crippen LogP contribution is -2.39. The van der Waals surface area contributed by atoms with Gasteiger partial charge in [-0.1, -0.05) is 106 Å². The van der Waals surface area contributed by atoms with Gasteiger partial charge >= 0.3 is 5.97 Å². The highest BCUT2D eigenvalue weighted by Crippen LogP contribution is 2.22. The topological polar surface area (TPSA) is 89.3 Å². The second kappa shape index (κ2) is 24.6. The molecule has 1 amide bonds. The molecule has 2 aromatic rings. The molecule has 0 spiro atoms. The van der Waals surface area contributed by atoms with Crippen LogP contribution in [0, 0.1) is 0 Å². The Morgan fingerprint density at radius 1 is 0.682 bits per heavy atom. The molecule has 0 bridgehead atoms. The zero-order valence-corrected chi connectivity index (χ0v) is 28.6. The van der Waals surface area contributed by atoms with Crippen LogP contribution in [-0.2, 0) is 9.53 Å². The van der Waals surface area contributed by atoms with Gasteiger partial charge in [-0.15, -0.1) is 0 Å². The van der Waals surface area contributed by atoms with E-state index < -0.39 is 12.0 Å². The fourth-order valence-electron chi connectivity index (χ4n) is 4.72. The number of nitrogens with one attached hydrogen (secondary N) is 1. The van der Waals surface area contributed by atoms with E-state index in [0.29, 0.717) is 17.9 Å². The summed E-state index contributed by atoms with van der Waals surface area (Å²) in [5, 5.41) is 12.4. The number of unbranched alkanes of at least 4 members (excludes halogenated alkanes) is 14. The second-order valence-corrected chi connectivity index (χ2v) is 12.2. The first-order chi connectivity index (χ1) is 21.5. The lowest BCUT2D eigenvalue weighted by atomic mass is 10.1. The van der Waals surface area contributed by atoms with Crippen molar-refractivity contribution in [3.05, 3.63) is 54.1 Å². The molecule has 1 N–H and O–H groups in total. The standard InChI is InChI=1S/C36H54BrN3O4/c1-3-4-5-6-7-11-15-18-29-44-36(42)30(2)38-35(41)31-19-21-32(22-20-31)39-40-33-23-25-34(26-24-33)43-28-17-14-12-9-8-10-13-16-27-37/h19-26,30H,3-18,27-29H2,1-2H3,(H,38,41)/t30-/m0/s1. The number of rotatable bonds is 25. The zero-order valence-electron chi connectivity index (χ0n) is 27.0. The summed E-state index contributed by atoms with van der Waals surface area (Å²) >= 11 is 3.48. The monoisotopic (exact) mass is 671 g/mol. The average Bonchev–Trinajstić information content (AvgIpc) is 3.04. The van der Waals surface area contributed by atoms with Crippen molar-refractivity contribution in [2.24, 2.45) is 10.2 Å². The molecule has 2 aromatic carbocycles. The summed E-state index contributed by atoms with van der Waals surface area (Å²) in [5.41, 5.74) is 1.79. The largest absolute Gasteiger partial charge is 0.494 e. The van der Waals surface area contributed by atoms with E-state index in [1.54, 1.807) is 31.2 Å². The highest BCUT2D eigenvalue weighted by Gasteiger charge is 2.18. The summed E-state index contributed by atoms with van der Waals surface area (Å²) in [5.74, 6) is 0.0901. The van der Waals surface area contributed by atoms with Gasteiger partial charge in [0, 0.05) is 10.9 Å². The summed E-state index contributed by atoms with van der Waals surface area (Å²) in [4.78, 5) is 24.9. The Kier molecular flexibility index (Phi) is 20.9. The van der Waals surface area contributed by atoms with Gasteiger partial charge in [0.2, 0.25) is 0 Å². The average molecular weight is 673 g/mol. The van der Waals surface area contributed by atoms with Gasteiger partial charge in [0.15, 0.2) is 0 Å². The number of nitrogens with zero attached hydrogens (tertiary/aromatic N) is 2. The van der Waals surface area contributed by atoms with Crippen LogP contribution in [0.5, 0.6) is 5.75 Å². The van der Waals surface area contributed by atoms with Crippen LogP contribution in [-0.4, -0.2) is 36.5 Å². The Labute approximate surface area is 274 Å². The highest BCUT2D eigenvalue weighted by atomic mass is 79.9. The number of halogens is 1. The van der Waals surface area contributed by atoms with Crippen LogP contribution in [0.25, 0.3) is 0 Å². The minimum Gasteiger partial charge on any atom is -0.494 e. The summed E-state index contributed by atoms with van der Waals surface area (Å²) in [6.45, 7) is 4.98. The van der Waals surface area contributed by atoms with Crippen LogP contribution < -0.4 is 10.1 Å². The Morgan fingerprint density at radius 3 is 1.70 bits per heavy atom. The molecule has 0 fully saturated rings. The molecule has 8 heteroatoms. The summed E-state index contributed by atoms with van der Waals surface area (Å²) in [6.07, 6.45) is 19.6. The van der Waals surface area contributed by atoms with E-state index in [1.807, 2.05) is 24.3 Å². The number of azo groups is 1. The first-order valence-corrected chi connectivity index (χ1v) is 17.9. The molecule has 0 aliphatic rings. The fraction of sp³-hybridized carbons (Fsp3) is 0.611. The van der Waals surface area contributed by atoms with Crippen molar-refractivity contribution in [2.75, 3.05) is 18.5 Å². The van der Waals surface area contributed by atoms with E-state index in [2.05, 4.69) is 38.4 Å². The summed E-state index contributed by atoms with van der Waals surface area (Å²) < 4.78 is 11.2. The summed E-state index contributed by atoms with van der Waals surface area (Å²) in [6, 6.07) is 13.7. The molecule has 0 aromatic heterocycles. The van der Waals surface area contributed by atoms with E-state index in [0.717, 1.165) is 42.6 Å². The van der Waals surface area contributed by atoms with E-state index in [1.165, 1.54) is 83.5 Å². The number of carbonyl (C=O) groups excluding carboxylic acids is 2. The maximum Gasteiger partial charge on any atom is 0.328 e. The minimum absolute atomic E-state index is 0.332. The van der Waals surface area contributed by atoms with Crippen molar-refractivity contribution in [2.45, 2.75) is 123 Å². The molecule has 0 aliphatic heterocycles. The van der Waals surface area contributed by atoms with Crippen LogP contribution in [0.4, 0.5) is 11.4 Å². The minimum atomic E-state index is -0.716. The molecule has 0 saturated carbocycles. The molecule has 0 unspecified atom stereocenters. The van der Waals surface area contributed by atoms with Crippen molar-refractivity contribution in [1.82, 2.24) is 5.32 Å². The van der Waals surface area contributed by atoms with E-state index in [-0.39, 0.29) is 5.91 Å². The molecule has 2 rings (SSSR count). The number of hydrogen-bond donors (Lipinski definition) is 1. The SMILES string of the molecule is CCCCCCCCCCOC(=O)[C@H](C)NC(=O)c1ccc(N=Nc2ccc(OCCCCCCCCCCBr)cc2)cc1. The number of ether oxygens (including phenoxy) is 2. The highest BCUT2D eigenvalue weighted by molar-refractivity contribution is 9.09. The number of hydrogen-bond acceptors (Lipinski definition) is 6. The molecule has 0 aliphatic carbocycles. The molecule has 44 heavy (non-hydrogen) atoms. The van der Waals surface area contributed by atoms with Crippen molar-refractivity contribution in [1.29, 1.82) is 0 Å². The number of carbonyl (C=O) groups is 2. The van der Waals surface area contributed by atoms with Gasteiger partial charge < -0.3 is 14.8 Å². The van der Waals surface area contributed by atoms with Gasteiger partial charge in [0.1, 0.15) is 11.8 Å². The third-order valence-electron chi connectivity index (χ3n) is 7.49. The number of esters is 1. The predicted octanol–water partition coefficient (Wildman–Crippen LogP) is 10.8.